The van der Waals surface area contributed by atoms with E-state index in [2.05, 4.69) is 13.8 Å². The van der Waals surface area contributed by atoms with Gasteiger partial charge in [0.1, 0.15) is 0 Å². The summed E-state index contributed by atoms with van der Waals surface area (Å²) in [6.07, 6.45) is 40.1. The monoisotopic (exact) mass is 515 g/mol. The van der Waals surface area contributed by atoms with Gasteiger partial charge < -0.3 is 4.74 Å². The average molecular weight is 515 g/mol. The SMILES string of the molecule is CCCCCCCCCCCCCCCCOCCCCCCCCCCCCCCCC.[NaH].[NaH]. The molecule has 0 fully saturated rings. The Labute approximate surface area is 268 Å². The zero-order valence-corrected chi connectivity index (χ0v) is 23.6. The Kier molecular flexibility index (Phi) is 47.9. The van der Waals surface area contributed by atoms with Crippen LogP contribution in [0, 0.1) is 0 Å². The molecular weight excluding hydrogens is 446 g/mol. The molecule has 0 aromatic carbocycles. The molecule has 0 spiro atoms. The molecule has 0 aromatic rings. The van der Waals surface area contributed by atoms with Crippen molar-refractivity contribution in [3.8, 4) is 0 Å². The second-order valence-corrected chi connectivity index (χ2v) is 10.8. The van der Waals surface area contributed by atoms with Gasteiger partial charge in [0.15, 0.2) is 0 Å². The van der Waals surface area contributed by atoms with Crippen molar-refractivity contribution >= 4 is 59.1 Å². The molecule has 0 saturated heterocycles. The molecule has 0 aliphatic rings. The van der Waals surface area contributed by atoms with Crippen molar-refractivity contribution in [2.24, 2.45) is 0 Å². The maximum atomic E-state index is 5.85. The number of unbranched alkanes of at least 4 members (excludes halogenated alkanes) is 26. The molecule has 0 aliphatic carbocycles. The number of hydrogen-bond donors (Lipinski definition) is 0. The molecule has 0 aromatic heterocycles. The van der Waals surface area contributed by atoms with Crippen LogP contribution >= 0.6 is 0 Å². The van der Waals surface area contributed by atoms with Crippen molar-refractivity contribution in [3.05, 3.63) is 0 Å². The Morgan fingerprint density at radius 1 is 0.257 bits per heavy atom. The summed E-state index contributed by atoms with van der Waals surface area (Å²) in [4.78, 5) is 0. The fourth-order valence-electron chi connectivity index (χ4n) is 4.90. The Balaban J connectivity index is -0.00000512. The fourth-order valence-corrected chi connectivity index (χ4v) is 4.90. The van der Waals surface area contributed by atoms with Gasteiger partial charge in [-0.15, -0.1) is 0 Å². The molecule has 3 heteroatoms. The molecule has 0 heterocycles. The van der Waals surface area contributed by atoms with Crippen LogP contribution in [0.3, 0.4) is 0 Å². The summed E-state index contributed by atoms with van der Waals surface area (Å²) in [6, 6.07) is 0. The second-order valence-electron chi connectivity index (χ2n) is 10.8. The Hall–Kier alpha value is 1.96. The zero-order chi connectivity index (χ0) is 23.9. The molecule has 35 heavy (non-hydrogen) atoms. The third-order valence-electron chi connectivity index (χ3n) is 7.28. The number of rotatable bonds is 30. The summed E-state index contributed by atoms with van der Waals surface area (Å²) >= 11 is 0. The number of hydrogen-bond acceptors (Lipinski definition) is 1. The summed E-state index contributed by atoms with van der Waals surface area (Å²) < 4.78 is 5.85. The van der Waals surface area contributed by atoms with Crippen molar-refractivity contribution in [3.63, 3.8) is 0 Å². The van der Waals surface area contributed by atoms with Crippen molar-refractivity contribution in [2.75, 3.05) is 13.2 Å². The quantitative estimate of drug-likeness (QED) is 0.0684. The van der Waals surface area contributed by atoms with Gasteiger partial charge in [0.05, 0.1) is 0 Å². The summed E-state index contributed by atoms with van der Waals surface area (Å²) in [6.45, 7) is 6.59. The minimum absolute atomic E-state index is 0. The average Bonchev–Trinajstić information content (AvgIpc) is 2.83. The van der Waals surface area contributed by atoms with Gasteiger partial charge in [-0.3, -0.25) is 0 Å². The van der Waals surface area contributed by atoms with Gasteiger partial charge in [0, 0.05) is 13.2 Å². The van der Waals surface area contributed by atoms with Gasteiger partial charge >= 0.3 is 59.1 Å². The van der Waals surface area contributed by atoms with Crippen LogP contribution in [0.2, 0.25) is 0 Å². The van der Waals surface area contributed by atoms with Crippen LogP contribution in [0.5, 0.6) is 0 Å². The van der Waals surface area contributed by atoms with E-state index in [4.69, 9.17) is 4.74 Å². The van der Waals surface area contributed by atoms with Gasteiger partial charge in [-0.1, -0.05) is 181 Å². The predicted molar refractivity (Wildman–Crippen MR) is 166 cm³/mol. The molecule has 0 rings (SSSR count). The van der Waals surface area contributed by atoms with Crippen LogP contribution in [-0.2, 0) is 4.74 Å². The van der Waals surface area contributed by atoms with Gasteiger partial charge in [0.25, 0.3) is 0 Å². The first-order chi connectivity index (χ1) is 16.4. The van der Waals surface area contributed by atoms with Crippen LogP contribution in [0.4, 0.5) is 0 Å². The van der Waals surface area contributed by atoms with Crippen LogP contribution < -0.4 is 0 Å². The van der Waals surface area contributed by atoms with Crippen LogP contribution in [-0.4, -0.2) is 72.3 Å². The summed E-state index contributed by atoms with van der Waals surface area (Å²) in [5, 5.41) is 0. The molecule has 0 amide bonds. The fraction of sp³-hybridized carbons (Fsp3) is 1.00. The third kappa shape index (κ3) is 40.6. The van der Waals surface area contributed by atoms with E-state index >= 15 is 0 Å². The molecule has 0 radical (unpaired) electrons. The summed E-state index contributed by atoms with van der Waals surface area (Å²) in [5.74, 6) is 0. The van der Waals surface area contributed by atoms with E-state index in [0.717, 1.165) is 13.2 Å². The molecule has 1 nitrogen and oxygen atoms in total. The molecule has 0 unspecified atom stereocenters. The Morgan fingerprint density at radius 2 is 0.429 bits per heavy atom. The van der Waals surface area contributed by atoms with Crippen LogP contribution in [0.1, 0.15) is 194 Å². The van der Waals surface area contributed by atoms with E-state index in [1.807, 2.05) is 0 Å². The first-order valence-electron chi connectivity index (χ1n) is 16.0. The van der Waals surface area contributed by atoms with Crippen LogP contribution in [0.25, 0.3) is 0 Å². The molecule has 0 bridgehead atoms. The summed E-state index contributed by atoms with van der Waals surface area (Å²) in [5.41, 5.74) is 0. The summed E-state index contributed by atoms with van der Waals surface area (Å²) in [7, 11) is 0. The topological polar surface area (TPSA) is 9.23 Å². The first kappa shape index (κ1) is 41.4. The van der Waals surface area contributed by atoms with Crippen molar-refractivity contribution < 1.29 is 4.74 Å². The van der Waals surface area contributed by atoms with Crippen molar-refractivity contribution in [1.82, 2.24) is 0 Å². The molecule has 0 saturated carbocycles. The first-order valence-corrected chi connectivity index (χ1v) is 16.0. The van der Waals surface area contributed by atoms with Crippen LogP contribution in [0.15, 0.2) is 0 Å². The van der Waals surface area contributed by atoms with E-state index in [0.29, 0.717) is 0 Å². The van der Waals surface area contributed by atoms with Crippen molar-refractivity contribution in [2.45, 2.75) is 194 Å². The van der Waals surface area contributed by atoms with E-state index < -0.39 is 0 Å². The Morgan fingerprint density at radius 3 is 0.629 bits per heavy atom. The van der Waals surface area contributed by atoms with E-state index in [9.17, 15) is 0 Å². The molecule has 0 aliphatic heterocycles. The van der Waals surface area contributed by atoms with Gasteiger partial charge in [-0.2, -0.15) is 0 Å². The standard InChI is InChI=1S/C32H66O.2Na.2H/c1-3-5-7-9-11-13-15-17-19-21-23-25-27-29-31-33-32-30-28-26-24-22-20-18-16-14-12-10-8-6-4-2;;;;/h3-32H2,1-2H3;;;;. The van der Waals surface area contributed by atoms with Gasteiger partial charge in [-0.05, 0) is 12.8 Å². The van der Waals surface area contributed by atoms with Gasteiger partial charge in [-0.25, -0.2) is 0 Å². The van der Waals surface area contributed by atoms with Gasteiger partial charge in [0.2, 0.25) is 0 Å². The maximum absolute atomic E-state index is 5.85. The van der Waals surface area contributed by atoms with Crippen molar-refractivity contribution in [1.29, 1.82) is 0 Å². The number of ether oxygens (including phenoxy) is 1. The third-order valence-corrected chi connectivity index (χ3v) is 7.28. The normalized spacial score (nSPS) is 10.8. The second kappa shape index (κ2) is 40.5. The molecule has 0 atom stereocenters. The molecule has 0 N–H and O–H groups in total. The molecular formula is C32H68Na2O. The van der Waals surface area contributed by atoms with E-state index in [1.54, 1.807) is 0 Å². The predicted octanol–water partition coefficient (Wildman–Crippen LogP) is 10.7. The minimum atomic E-state index is 0. The molecule has 204 valence electrons. The zero-order valence-electron chi connectivity index (χ0n) is 23.6. The van der Waals surface area contributed by atoms with E-state index in [-0.39, 0.29) is 59.1 Å². The van der Waals surface area contributed by atoms with E-state index in [1.165, 1.54) is 180 Å². The Bertz CT molecular complexity index is 295.